The maximum absolute atomic E-state index is 12.4. The smallest absolute Gasteiger partial charge is 0.250 e. The van der Waals surface area contributed by atoms with Crippen LogP contribution in [0.15, 0.2) is 84.9 Å². The number of benzene rings is 3. The topological polar surface area (TPSA) is 60.5 Å². The van der Waals surface area contributed by atoms with Gasteiger partial charge in [-0.1, -0.05) is 66.7 Å². The lowest BCUT2D eigenvalue weighted by Gasteiger charge is -2.11. The van der Waals surface area contributed by atoms with Crippen molar-refractivity contribution < 1.29 is 14.3 Å². The lowest BCUT2D eigenvalue weighted by molar-refractivity contribution is -0.111. The molecule has 1 N–H and O–H groups in total. The summed E-state index contributed by atoms with van der Waals surface area (Å²) in [5.74, 6) is 1.01. The molecule has 0 bridgehead atoms. The molecule has 0 saturated heterocycles. The van der Waals surface area contributed by atoms with Gasteiger partial charge in [-0.2, -0.15) is 0 Å². The number of carbonyl (C=O) groups excluding carboxylic acids is 1. The monoisotopic (exact) mass is 456 g/mol. The van der Waals surface area contributed by atoms with E-state index in [1.165, 1.54) is 17.4 Å². The van der Waals surface area contributed by atoms with E-state index >= 15 is 0 Å². The summed E-state index contributed by atoms with van der Waals surface area (Å²) in [5.41, 5.74) is 3.82. The summed E-state index contributed by atoms with van der Waals surface area (Å²) in [4.78, 5) is 18.1. The highest BCUT2D eigenvalue weighted by atomic mass is 32.1. The Morgan fingerprint density at radius 1 is 1.00 bits per heavy atom. The Morgan fingerprint density at radius 2 is 1.73 bits per heavy atom. The van der Waals surface area contributed by atoms with Crippen LogP contribution in [-0.4, -0.2) is 18.0 Å². The van der Waals surface area contributed by atoms with Crippen molar-refractivity contribution in [2.75, 3.05) is 12.4 Å². The number of thiazole rings is 1. The van der Waals surface area contributed by atoms with E-state index in [9.17, 15) is 4.79 Å². The SMILES string of the molecule is COc1cc(/C=C/C(=O)Nc2nc(-c3ccccc3)c(C)s2)ccc1OCc1ccccc1. The van der Waals surface area contributed by atoms with Gasteiger partial charge in [0.25, 0.3) is 0 Å². The van der Waals surface area contributed by atoms with Gasteiger partial charge >= 0.3 is 0 Å². The Morgan fingerprint density at radius 3 is 2.45 bits per heavy atom. The maximum Gasteiger partial charge on any atom is 0.250 e. The first-order valence-corrected chi connectivity index (χ1v) is 11.3. The van der Waals surface area contributed by atoms with E-state index in [2.05, 4.69) is 10.3 Å². The molecule has 1 amide bonds. The summed E-state index contributed by atoms with van der Waals surface area (Å²) in [6, 6.07) is 25.4. The van der Waals surface area contributed by atoms with Crippen LogP contribution in [0.25, 0.3) is 17.3 Å². The van der Waals surface area contributed by atoms with Crippen molar-refractivity contribution in [2.24, 2.45) is 0 Å². The molecular formula is C27H24N2O3S. The fraction of sp³-hybridized carbons (Fsp3) is 0.111. The number of carbonyl (C=O) groups is 1. The molecule has 4 aromatic rings. The first kappa shape index (κ1) is 22.3. The average molecular weight is 457 g/mol. The molecule has 6 heteroatoms. The fourth-order valence-corrected chi connectivity index (χ4v) is 4.11. The van der Waals surface area contributed by atoms with Gasteiger partial charge in [0.2, 0.25) is 5.91 Å². The highest BCUT2D eigenvalue weighted by Gasteiger charge is 2.11. The molecule has 3 aromatic carbocycles. The van der Waals surface area contributed by atoms with Crippen LogP contribution in [0.5, 0.6) is 11.5 Å². The van der Waals surface area contributed by atoms with Crippen molar-refractivity contribution in [3.8, 4) is 22.8 Å². The van der Waals surface area contributed by atoms with Crippen LogP contribution < -0.4 is 14.8 Å². The molecule has 0 saturated carbocycles. The number of anilines is 1. The molecule has 5 nitrogen and oxygen atoms in total. The number of aryl methyl sites for hydroxylation is 1. The summed E-state index contributed by atoms with van der Waals surface area (Å²) < 4.78 is 11.4. The Labute approximate surface area is 197 Å². The minimum Gasteiger partial charge on any atom is -0.493 e. The lowest BCUT2D eigenvalue weighted by Crippen LogP contribution is -2.07. The lowest BCUT2D eigenvalue weighted by atomic mass is 10.1. The normalized spacial score (nSPS) is 10.8. The van der Waals surface area contributed by atoms with E-state index in [1.54, 1.807) is 13.2 Å². The van der Waals surface area contributed by atoms with Crippen molar-refractivity contribution in [2.45, 2.75) is 13.5 Å². The zero-order valence-corrected chi connectivity index (χ0v) is 19.3. The van der Waals surface area contributed by atoms with Gasteiger partial charge in [-0.05, 0) is 36.3 Å². The van der Waals surface area contributed by atoms with Crippen LogP contribution in [0.1, 0.15) is 16.0 Å². The number of nitrogens with one attached hydrogen (secondary N) is 1. The molecule has 0 spiro atoms. The zero-order chi connectivity index (χ0) is 23.0. The third kappa shape index (κ3) is 5.87. The third-order valence-electron chi connectivity index (χ3n) is 4.93. The summed E-state index contributed by atoms with van der Waals surface area (Å²) in [5, 5.41) is 3.42. The standard InChI is InChI=1S/C27H24N2O3S/c1-19-26(22-11-7-4-8-12-22)29-27(33-19)28-25(30)16-14-20-13-15-23(24(17-20)31-2)32-18-21-9-5-3-6-10-21/h3-17H,18H2,1-2H3,(H,28,29,30)/b16-14+. The van der Waals surface area contributed by atoms with Gasteiger partial charge in [0.05, 0.1) is 12.8 Å². The molecule has 33 heavy (non-hydrogen) atoms. The zero-order valence-electron chi connectivity index (χ0n) is 18.4. The van der Waals surface area contributed by atoms with E-state index < -0.39 is 0 Å². The number of aromatic nitrogens is 1. The van der Waals surface area contributed by atoms with Crippen molar-refractivity contribution in [1.29, 1.82) is 0 Å². The molecular weight excluding hydrogens is 432 g/mol. The van der Waals surface area contributed by atoms with Crippen molar-refractivity contribution in [3.05, 3.63) is 101 Å². The molecule has 166 valence electrons. The van der Waals surface area contributed by atoms with Crippen LogP contribution in [0.4, 0.5) is 5.13 Å². The summed E-state index contributed by atoms with van der Waals surface area (Å²) >= 11 is 1.46. The molecule has 0 unspecified atom stereocenters. The fourth-order valence-electron chi connectivity index (χ4n) is 3.28. The molecule has 0 aliphatic rings. The molecule has 0 radical (unpaired) electrons. The van der Waals surface area contributed by atoms with Crippen LogP contribution in [0.2, 0.25) is 0 Å². The number of methoxy groups -OCH3 is 1. The van der Waals surface area contributed by atoms with Crippen LogP contribution in [0.3, 0.4) is 0 Å². The first-order valence-electron chi connectivity index (χ1n) is 10.5. The van der Waals surface area contributed by atoms with Gasteiger partial charge in [-0.3, -0.25) is 10.1 Å². The van der Waals surface area contributed by atoms with Crippen LogP contribution in [-0.2, 0) is 11.4 Å². The predicted molar refractivity (Wildman–Crippen MR) is 134 cm³/mol. The molecule has 0 aliphatic carbocycles. The van der Waals surface area contributed by atoms with Crippen molar-refractivity contribution in [1.82, 2.24) is 4.98 Å². The van der Waals surface area contributed by atoms with Gasteiger partial charge in [0.15, 0.2) is 16.6 Å². The highest BCUT2D eigenvalue weighted by Crippen LogP contribution is 2.31. The molecule has 4 rings (SSSR count). The van der Waals surface area contributed by atoms with Gasteiger partial charge < -0.3 is 9.47 Å². The Bertz CT molecular complexity index is 1250. The number of rotatable bonds is 8. The van der Waals surface area contributed by atoms with Gasteiger partial charge in [-0.25, -0.2) is 4.98 Å². The van der Waals surface area contributed by atoms with Crippen molar-refractivity contribution in [3.63, 3.8) is 0 Å². The number of hydrogen-bond donors (Lipinski definition) is 1. The van der Waals surface area contributed by atoms with E-state index in [0.29, 0.717) is 23.2 Å². The van der Waals surface area contributed by atoms with Gasteiger partial charge in [0, 0.05) is 16.5 Å². The molecule has 1 heterocycles. The maximum atomic E-state index is 12.4. The Balaban J connectivity index is 1.40. The van der Waals surface area contributed by atoms with Crippen molar-refractivity contribution >= 4 is 28.5 Å². The second-order valence-corrected chi connectivity index (χ2v) is 8.50. The van der Waals surface area contributed by atoms with Gasteiger partial charge in [-0.15, -0.1) is 11.3 Å². The van der Waals surface area contributed by atoms with E-state index in [0.717, 1.165) is 27.3 Å². The number of amides is 1. The minimum absolute atomic E-state index is 0.244. The Kier molecular flexibility index (Phi) is 7.17. The Hall–Kier alpha value is -3.90. The number of ether oxygens (including phenoxy) is 2. The van der Waals surface area contributed by atoms with Gasteiger partial charge in [0.1, 0.15) is 6.61 Å². The quantitative estimate of drug-likeness (QED) is 0.314. The van der Waals surface area contributed by atoms with E-state index in [1.807, 2.05) is 85.8 Å². The highest BCUT2D eigenvalue weighted by molar-refractivity contribution is 7.16. The first-order chi connectivity index (χ1) is 16.1. The molecule has 0 aliphatic heterocycles. The van der Waals surface area contributed by atoms with E-state index in [4.69, 9.17) is 9.47 Å². The third-order valence-corrected chi connectivity index (χ3v) is 5.81. The summed E-state index contributed by atoms with van der Waals surface area (Å²) in [6.07, 6.45) is 3.22. The summed E-state index contributed by atoms with van der Waals surface area (Å²) in [6.45, 7) is 2.45. The summed E-state index contributed by atoms with van der Waals surface area (Å²) in [7, 11) is 1.60. The molecule has 0 atom stereocenters. The molecule has 0 fully saturated rings. The largest absolute Gasteiger partial charge is 0.493 e. The molecule has 1 aromatic heterocycles. The average Bonchev–Trinajstić information content (AvgIpc) is 3.22. The number of hydrogen-bond acceptors (Lipinski definition) is 5. The minimum atomic E-state index is -0.244. The second kappa shape index (κ2) is 10.6. The van der Waals surface area contributed by atoms with Crippen LogP contribution >= 0.6 is 11.3 Å². The number of nitrogens with zero attached hydrogens (tertiary/aromatic N) is 1. The van der Waals surface area contributed by atoms with E-state index in [-0.39, 0.29) is 5.91 Å². The predicted octanol–water partition coefficient (Wildman–Crippen LogP) is 6.36. The van der Waals surface area contributed by atoms with Crippen LogP contribution in [0, 0.1) is 6.92 Å². The second-order valence-electron chi connectivity index (χ2n) is 7.30.